The molecular weight excluding hydrogens is 539 g/mol. The number of halogens is 4. The quantitative estimate of drug-likeness (QED) is 0.444. The average Bonchev–Trinajstić information content (AvgIpc) is 3.17. The van der Waals surface area contributed by atoms with Gasteiger partial charge in [-0.25, -0.2) is 9.97 Å². The largest absolute Gasteiger partial charge is 0.420 e. The highest BCUT2D eigenvalue weighted by atomic mass is 35.5. The first-order valence-corrected chi connectivity index (χ1v) is 14.1. The van der Waals surface area contributed by atoms with Gasteiger partial charge in [-0.1, -0.05) is 11.6 Å². The molecule has 5 rings (SSSR count). The van der Waals surface area contributed by atoms with E-state index in [2.05, 4.69) is 20.2 Å². The van der Waals surface area contributed by atoms with Crippen LogP contribution in [-0.2, 0) is 29.9 Å². The van der Waals surface area contributed by atoms with Crippen LogP contribution in [0.1, 0.15) is 16.7 Å². The van der Waals surface area contributed by atoms with Crippen LogP contribution in [0.5, 0.6) is 0 Å². The zero-order chi connectivity index (χ0) is 24.9. The van der Waals surface area contributed by atoms with Crippen molar-refractivity contribution in [2.24, 2.45) is 0 Å². The molecule has 4 heterocycles. The number of benzene rings is 1. The van der Waals surface area contributed by atoms with Gasteiger partial charge in [-0.05, 0) is 49.8 Å². The highest BCUT2D eigenvalue weighted by Crippen LogP contribution is 2.44. The molecule has 0 bridgehead atoms. The highest BCUT2D eigenvalue weighted by Gasteiger charge is 2.36. The second kappa shape index (κ2) is 9.64. The predicted molar refractivity (Wildman–Crippen MR) is 135 cm³/mol. The van der Waals surface area contributed by atoms with Gasteiger partial charge in [0.25, 0.3) is 0 Å². The summed E-state index contributed by atoms with van der Waals surface area (Å²) in [7, 11) is 2.57. The molecule has 0 amide bonds. The summed E-state index contributed by atoms with van der Waals surface area (Å²) in [4.78, 5) is 13.3. The number of anilines is 2. The van der Waals surface area contributed by atoms with E-state index in [0.717, 1.165) is 53.1 Å². The summed E-state index contributed by atoms with van der Waals surface area (Å²) >= 11 is 9.01. The molecule has 2 aromatic heterocycles. The first-order valence-electron chi connectivity index (χ1n) is 10.6. The minimum absolute atomic E-state index is 0.0138. The van der Waals surface area contributed by atoms with E-state index in [-0.39, 0.29) is 11.6 Å². The maximum absolute atomic E-state index is 13.9. The Hall–Kier alpha value is -1.70. The lowest BCUT2D eigenvalue weighted by Crippen LogP contribution is -2.26. The maximum atomic E-state index is 13.9. The molecule has 1 N–H and O–H groups in total. The molecule has 0 saturated heterocycles. The van der Waals surface area contributed by atoms with Crippen molar-refractivity contribution in [1.82, 2.24) is 19.8 Å². The molecule has 1 unspecified atom stereocenters. The standard InChI is InChI=1S/C22H21ClF3N5OS3/c1-30-4-3-12-6-16(15(23)5-13(12)9-30)28-21-27-8-14(22(24,25)26)19(29-21)17-7-18-20(34-17)35(32)11-31(2)10-33-18/h5-8H,3-4,9-11H2,1-2H3,(H,27,28,29). The average molecular weight is 560 g/mol. The minimum Gasteiger partial charge on any atom is -0.323 e. The van der Waals surface area contributed by atoms with Crippen LogP contribution in [0.3, 0.4) is 0 Å². The van der Waals surface area contributed by atoms with Gasteiger partial charge in [0.2, 0.25) is 5.95 Å². The fourth-order valence-corrected chi connectivity index (χ4v) is 8.41. The number of thiophene rings is 1. The molecule has 13 heteroatoms. The van der Waals surface area contributed by atoms with Crippen molar-refractivity contribution < 1.29 is 17.4 Å². The fourth-order valence-electron chi connectivity index (χ4n) is 3.98. The number of rotatable bonds is 3. The Labute approximate surface area is 216 Å². The topological polar surface area (TPSA) is 61.4 Å². The van der Waals surface area contributed by atoms with Crippen molar-refractivity contribution in [1.29, 1.82) is 0 Å². The van der Waals surface area contributed by atoms with E-state index in [1.165, 1.54) is 11.8 Å². The van der Waals surface area contributed by atoms with Crippen LogP contribution < -0.4 is 5.32 Å². The first kappa shape index (κ1) is 25.0. The van der Waals surface area contributed by atoms with Gasteiger partial charge in [0.1, 0.15) is 9.77 Å². The Bertz CT molecular complexity index is 1320. The van der Waals surface area contributed by atoms with E-state index in [1.54, 1.807) is 6.07 Å². The third-order valence-electron chi connectivity index (χ3n) is 5.72. The molecule has 6 nitrogen and oxygen atoms in total. The van der Waals surface area contributed by atoms with Gasteiger partial charge in [-0.3, -0.25) is 9.11 Å². The third kappa shape index (κ3) is 5.23. The lowest BCUT2D eigenvalue weighted by Gasteiger charge is -2.26. The van der Waals surface area contributed by atoms with Crippen molar-refractivity contribution in [3.05, 3.63) is 46.1 Å². The van der Waals surface area contributed by atoms with Crippen LogP contribution in [-0.4, -0.2) is 56.4 Å². The second-order valence-corrected chi connectivity index (χ2v) is 12.6. The van der Waals surface area contributed by atoms with Crippen molar-refractivity contribution >= 4 is 57.1 Å². The predicted octanol–water partition coefficient (Wildman–Crippen LogP) is 5.67. The van der Waals surface area contributed by atoms with Gasteiger partial charge in [-0.2, -0.15) is 13.2 Å². The summed E-state index contributed by atoms with van der Waals surface area (Å²) in [5, 5.41) is 3.45. The van der Waals surface area contributed by atoms with Gasteiger partial charge >= 0.3 is 6.18 Å². The molecule has 2 aliphatic heterocycles. The van der Waals surface area contributed by atoms with Gasteiger partial charge in [0.05, 0.1) is 38.0 Å². The number of nitrogens with zero attached hydrogens (tertiary/aromatic N) is 4. The number of hydrogen-bond donors (Lipinski definition) is 1. The third-order valence-corrected chi connectivity index (χ3v) is 10.5. The van der Waals surface area contributed by atoms with Crippen LogP contribution in [0.15, 0.2) is 33.5 Å². The Morgan fingerprint density at radius 2 is 1.97 bits per heavy atom. The lowest BCUT2D eigenvalue weighted by molar-refractivity contribution is -0.137. The van der Waals surface area contributed by atoms with Gasteiger partial charge in [-0.15, -0.1) is 23.1 Å². The number of alkyl halides is 3. The second-order valence-electron chi connectivity index (χ2n) is 8.53. The van der Waals surface area contributed by atoms with E-state index < -0.39 is 22.5 Å². The molecule has 0 saturated carbocycles. The van der Waals surface area contributed by atoms with E-state index in [0.29, 0.717) is 31.5 Å². The lowest BCUT2D eigenvalue weighted by atomic mass is 9.99. The minimum atomic E-state index is -4.64. The Balaban J connectivity index is 1.53. The molecule has 186 valence electrons. The van der Waals surface area contributed by atoms with E-state index in [1.807, 2.05) is 31.1 Å². The molecule has 2 aliphatic rings. The zero-order valence-electron chi connectivity index (χ0n) is 18.8. The highest BCUT2D eigenvalue weighted by molar-refractivity contribution is 8.00. The summed E-state index contributed by atoms with van der Waals surface area (Å²) in [6.07, 6.45) is -3.01. The normalized spacial score (nSPS) is 19.2. The molecule has 0 radical (unpaired) electrons. The van der Waals surface area contributed by atoms with Crippen molar-refractivity contribution in [3.63, 3.8) is 0 Å². The van der Waals surface area contributed by atoms with Crippen LogP contribution in [0.2, 0.25) is 5.02 Å². The van der Waals surface area contributed by atoms with Gasteiger partial charge in [0, 0.05) is 30.1 Å². The molecule has 0 spiro atoms. The number of fused-ring (bicyclic) bond motifs is 2. The van der Waals surface area contributed by atoms with Gasteiger partial charge < -0.3 is 10.2 Å². The van der Waals surface area contributed by atoms with Crippen LogP contribution in [0.4, 0.5) is 24.8 Å². The molecular formula is C22H21ClF3N5OS3. The van der Waals surface area contributed by atoms with Crippen LogP contribution in [0, 0.1) is 0 Å². The van der Waals surface area contributed by atoms with E-state index in [9.17, 15) is 17.4 Å². The van der Waals surface area contributed by atoms with Crippen molar-refractivity contribution in [3.8, 4) is 10.6 Å². The maximum Gasteiger partial charge on any atom is 0.420 e. The van der Waals surface area contributed by atoms with Crippen LogP contribution in [0.25, 0.3) is 10.6 Å². The molecule has 0 fully saturated rings. The number of aromatic nitrogens is 2. The van der Waals surface area contributed by atoms with E-state index >= 15 is 0 Å². The summed E-state index contributed by atoms with van der Waals surface area (Å²) in [5.74, 6) is 0.944. The van der Waals surface area contributed by atoms with Crippen molar-refractivity contribution in [2.75, 3.05) is 37.7 Å². The Morgan fingerprint density at radius 3 is 2.74 bits per heavy atom. The van der Waals surface area contributed by atoms with Gasteiger partial charge in [0.15, 0.2) is 0 Å². The monoisotopic (exact) mass is 559 g/mol. The fraction of sp³-hybridized carbons (Fsp3) is 0.364. The summed E-state index contributed by atoms with van der Waals surface area (Å²) < 4.78 is 54.9. The number of nitrogens with one attached hydrogen (secondary N) is 1. The van der Waals surface area contributed by atoms with E-state index in [4.69, 9.17) is 11.6 Å². The smallest absolute Gasteiger partial charge is 0.323 e. The molecule has 1 atom stereocenters. The van der Waals surface area contributed by atoms with Crippen molar-refractivity contribution in [2.45, 2.75) is 28.2 Å². The SMILES string of the molecule is CN1CCc2cc(Nc3ncc(C(F)(F)F)c(-c4cc5c(s4)S(=O)CN(C)CS5)n3)c(Cl)cc2C1. The first-order chi connectivity index (χ1) is 16.6. The number of likely N-dealkylation sites (N-methyl/N-ethyl adjacent to an activating group) is 1. The zero-order valence-corrected chi connectivity index (χ0v) is 22.0. The molecule has 1 aromatic carbocycles. The van der Waals surface area contributed by atoms with Crippen LogP contribution >= 0.6 is 34.7 Å². The summed E-state index contributed by atoms with van der Waals surface area (Å²) in [6.45, 7) is 1.70. The molecule has 3 aromatic rings. The number of hydrogen-bond acceptors (Lipinski definition) is 8. The Kier molecular flexibility index (Phi) is 6.88. The summed E-state index contributed by atoms with van der Waals surface area (Å²) in [6, 6.07) is 5.43. The Morgan fingerprint density at radius 1 is 1.17 bits per heavy atom. The molecule has 35 heavy (non-hydrogen) atoms. The molecule has 0 aliphatic carbocycles. The number of thioether (sulfide) groups is 1. The summed E-state index contributed by atoms with van der Waals surface area (Å²) in [5.41, 5.74) is 1.62.